The Hall–Kier alpha value is -3.70. The topological polar surface area (TPSA) is 130 Å². The third-order valence-corrected chi connectivity index (χ3v) is 9.16. The molecular weight excluding hydrogens is 596 g/mol. The normalized spacial score (nSPS) is 19.7. The number of hydrogen-bond donors (Lipinski definition) is 3. The van der Waals surface area contributed by atoms with Crippen molar-refractivity contribution in [3.8, 4) is 11.5 Å². The fourth-order valence-electron chi connectivity index (χ4n) is 6.38. The number of aliphatic hydroxyl groups is 2. The highest BCUT2D eigenvalue weighted by molar-refractivity contribution is 6.30. The number of carboxylic acid groups (broad SMARTS) is 1. The van der Waals surface area contributed by atoms with Crippen LogP contribution in [0.25, 0.3) is 11.0 Å². The summed E-state index contributed by atoms with van der Waals surface area (Å²) >= 11 is 6.05. The van der Waals surface area contributed by atoms with E-state index in [0.29, 0.717) is 28.1 Å². The molecular formula is C34H41ClN4O6. The van der Waals surface area contributed by atoms with Gasteiger partial charge in [0.05, 0.1) is 28.2 Å². The predicted octanol–water partition coefficient (Wildman–Crippen LogP) is 5.82. The summed E-state index contributed by atoms with van der Waals surface area (Å²) in [5.74, 6) is 1.68. The predicted molar refractivity (Wildman–Crippen MR) is 172 cm³/mol. The molecule has 2 aromatic heterocycles. The lowest BCUT2D eigenvalue weighted by molar-refractivity contribution is -0.0722. The Balaban J connectivity index is 0.000000963. The zero-order valence-electron chi connectivity index (χ0n) is 25.9. The number of para-hydroxylation sites is 1. The van der Waals surface area contributed by atoms with Gasteiger partial charge in [-0.3, -0.25) is 9.88 Å². The maximum absolute atomic E-state index is 11.6. The second-order valence-electron chi connectivity index (χ2n) is 11.7. The van der Waals surface area contributed by atoms with Crippen LogP contribution in [0.1, 0.15) is 72.4 Å². The molecule has 10 nitrogen and oxygen atoms in total. The van der Waals surface area contributed by atoms with Crippen LogP contribution in [-0.4, -0.2) is 68.0 Å². The molecule has 1 atom stereocenters. The summed E-state index contributed by atoms with van der Waals surface area (Å²) in [6, 6.07) is 15.1. The molecule has 0 spiro atoms. The van der Waals surface area contributed by atoms with Crippen LogP contribution >= 0.6 is 11.6 Å². The number of aliphatic hydroxyl groups excluding tert-OH is 2. The molecule has 3 N–H and O–H groups in total. The quantitative estimate of drug-likeness (QED) is 0.230. The minimum absolute atomic E-state index is 0.309. The highest BCUT2D eigenvalue weighted by Crippen LogP contribution is 2.49. The van der Waals surface area contributed by atoms with Crippen LogP contribution in [0.3, 0.4) is 0 Å². The standard InChI is InChI=1S/C32H33ClN4O4.2CH4O/c1-32(28-11-9-23(33)17-34-28)40-27-7-3-6-24(30(27)41-32)21-12-14-36(15-13-21)19-29-35-25-10-8-22(31(38)39)16-26(25)37(29)18-20-4-2-5-20;2*1-2/h3,6-11,16-17,20-21H,2,4-5,12-15,18-19H2,1H3,(H,38,39);2*2H,1H3/t32-;;/m0../s1. The molecule has 240 valence electrons. The molecule has 2 aliphatic heterocycles. The van der Waals surface area contributed by atoms with Crippen LogP contribution < -0.4 is 9.47 Å². The molecule has 2 aromatic carbocycles. The number of nitrogens with zero attached hydrogens (tertiary/aromatic N) is 4. The fourth-order valence-corrected chi connectivity index (χ4v) is 6.50. The monoisotopic (exact) mass is 636 g/mol. The van der Waals surface area contributed by atoms with Gasteiger partial charge >= 0.3 is 5.97 Å². The molecule has 1 aliphatic carbocycles. The number of carbonyl (C=O) groups is 1. The summed E-state index contributed by atoms with van der Waals surface area (Å²) in [4.78, 5) is 23.5. The van der Waals surface area contributed by atoms with Crippen LogP contribution in [-0.2, 0) is 18.9 Å². The second kappa shape index (κ2) is 14.2. The van der Waals surface area contributed by atoms with Gasteiger partial charge in [0.25, 0.3) is 5.79 Å². The zero-order valence-corrected chi connectivity index (χ0v) is 26.7. The van der Waals surface area contributed by atoms with Crippen LogP contribution in [0.15, 0.2) is 54.7 Å². The molecule has 11 heteroatoms. The molecule has 0 amide bonds. The third kappa shape index (κ3) is 6.79. The van der Waals surface area contributed by atoms with E-state index in [-0.39, 0.29) is 0 Å². The lowest BCUT2D eigenvalue weighted by Gasteiger charge is -2.33. The van der Waals surface area contributed by atoms with Crippen LogP contribution in [0.2, 0.25) is 5.02 Å². The number of ether oxygens (including phenoxy) is 2. The number of imidazole rings is 1. The van der Waals surface area contributed by atoms with Crippen LogP contribution in [0, 0.1) is 5.92 Å². The number of rotatable bonds is 7. The molecule has 0 radical (unpaired) electrons. The highest BCUT2D eigenvalue weighted by Gasteiger charge is 2.42. The first-order valence-corrected chi connectivity index (χ1v) is 15.7. The van der Waals surface area contributed by atoms with Crippen molar-refractivity contribution in [2.75, 3.05) is 27.3 Å². The number of carboxylic acids is 1. The van der Waals surface area contributed by atoms with Gasteiger partial charge in [-0.25, -0.2) is 9.78 Å². The molecule has 0 bridgehead atoms. The SMILES string of the molecule is CO.CO.C[C@]1(c2ccc(Cl)cn2)Oc2cccc(C3CCN(Cc4nc5ccc(C(=O)O)cc5n4CC4CCC4)CC3)c2O1. The fraction of sp³-hybridized carbons (Fsp3) is 0.441. The summed E-state index contributed by atoms with van der Waals surface area (Å²) in [6.45, 7) is 5.44. The highest BCUT2D eigenvalue weighted by atomic mass is 35.5. The minimum atomic E-state index is -0.996. The summed E-state index contributed by atoms with van der Waals surface area (Å²) in [5, 5.41) is 24.1. The van der Waals surface area contributed by atoms with Gasteiger partial charge in [0.15, 0.2) is 11.5 Å². The first-order valence-electron chi connectivity index (χ1n) is 15.3. The van der Waals surface area contributed by atoms with Gasteiger partial charge in [-0.15, -0.1) is 0 Å². The van der Waals surface area contributed by atoms with E-state index in [1.54, 1.807) is 24.4 Å². The average molecular weight is 637 g/mol. The van der Waals surface area contributed by atoms with E-state index in [9.17, 15) is 9.90 Å². The Labute approximate surface area is 268 Å². The number of aromatic nitrogens is 3. The largest absolute Gasteiger partial charge is 0.478 e. The number of pyridine rings is 1. The Morgan fingerprint density at radius 3 is 2.42 bits per heavy atom. The van der Waals surface area contributed by atoms with E-state index in [1.807, 2.05) is 31.2 Å². The third-order valence-electron chi connectivity index (χ3n) is 8.94. The number of piperidine rings is 1. The molecule has 1 saturated heterocycles. The molecule has 7 rings (SSSR count). The Kier molecular flexibility index (Phi) is 10.3. The van der Waals surface area contributed by atoms with Crippen molar-refractivity contribution in [3.05, 3.63) is 82.4 Å². The molecule has 45 heavy (non-hydrogen) atoms. The van der Waals surface area contributed by atoms with Crippen molar-refractivity contribution in [1.82, 2.24) is 19.4 Å². The van der Waals surface area contributed by atoms with E-state index < -0.39 is 11.8 Å². The van der Waals surface area contributed by atoms with Gasteiger partial charge in [-0.05, 0) is 87.0 Å². The molecule has 2 fully saturated rings. The Morgan fingerprint density at radius 2 is 1.78 bits per heavy atom. The van der Waals surface area contributed by atoms with E-state index in [4.69, 9.17) is 36.3 Å². The van der Waals surface area contributed by atoms with Crippen molar-refractivity contribution >= 4 is 28.6 Å². The number of halogens is 1. The summed E-state index contributed by atoms with van der Waals surface area (Å²) in [6.07, 6.45) is 7.34. The molecule has 0 unspecified atom stereocenters. The summed E-state index contributed by atoms with van der Waals surface area (Å²) in [5.41, 5.74) is 3.97. The van der Waals surface area contributed by atoms with Crippen molar-refractivity contribution in [3.63, 3.8) is 0 Å². The number of likely N-dealkylation sites (tertiary alicyclic amines) is 1. The smallest absolute Gasteiger partial charge is 0.335 e. The maximum atomic E-state index is 11.6. The molecule has 4 heterocycles. The summed E-state index contributed by atoms with van der Waals surface area (Å²) < 4.78 is 15.0. The maximum Gasteiger partial charge on any atom is 0.335 e. The van der Waals surface area contributed by atoms with Gasteiger partial charge < -0.3 is 29.4 Å². The zero-order chi connectivity index (χ0) is 32.1. The van der Waals surface area contributed by atoms with Gasteiger partial charge in [-0.1, -0.05) is 30.2 Å². The van der Waals surface area contributed by atoms with E-state index in [0.717, 1.165) is 81.6 Å². The Bertz CT molecular complexity index is 1620. The van der Waals surface area contributed by atoms with E-state index >= 15 is 0 Å². The van der Waals surface area contributed by atoms with E-state index in [2.05, 4.69) is 20.5 Å². The Morgan fingerprint density at radius 1 is 1.02 bits per heavy atom. The van der Waals surface area contributed by atoms with Crippen molar-refractivity contribution in [2.24, 2.45) is 5.92 Å². The number of fused-ring (bicyclic) bond motifs is 2. The number of hydrogen-bond acceptors (Lipinski definition) is 8. The number of benzene rings is 2. The first-order chi connectivity index (χ1) is 21.9. The van der Waals surface area contributed by atoms with Gasteiger partial charge in [0.2, 0.25) is 0 Å². The average Bonchev–Trinajstić information content (AvgIpc) is 3.58. The minimum Gasteiger partial charge on any atom is -0.478 e. The van der Waals surface area contributed by atoms with Crippen LogP contribution in [0.5, 0.6) is 11.5 Å². The van der Waals surface area contributed by atoms with Gasteiger partial charge in [-0.2, -0.15) is 0 Å². The van der Waals surface area contributed by atoms with E-state index in [1.165, 1.54) is 24.8 Å². The van der Waals surface area contributed by atoms with Crippen molar-refractivity contribution < 1.29 is 29.6 Å². The molecule has 3 aliphatic rings. The van der Waals surface area contributed by atoms with Gasteiger partial charge in [0, 0.05) is 39.4 Å². The lowest BCUT2D eigenvalue weighted by atomic mass is 9.85. The number of aromatic carboxylic acids is 1. The van der Waals surface area contributed by atoms with Gasteiger partial charge in [0.1, 0.15) is 11.5 Å². The summed E-state index contributed by atoms with van der Waals surface area (Å²) in [7, 11) is 2.00. The van der Waals surface area contributed by atoms with Crippen LogP contribution in [0.4, 0.5) is 0 Å². The second-order valence-corrected chi connectivity index (χ2v) is 12.1. The molecule has 1 saturated carbocycles. The van der Waals surface area contributed by atoms with Crippen molar-refractivity contribution in [2.45, 2.75) is 63.8 Å². The molecule has 4 aromatic rings. The lowest BCUT2D eigenvalue weighted by Crippen LogP contribution is -2.34. The van der Waals surface area contributed by atoms with Crippen molar-refractivity contribution in [1.29, 1.82) is 0 Å². The first kappa shape index (κ1) is 32.7.